The Hall–Kier alpha value is -2.35. The third-order valence-electron chi connectivity index (χ3n) is 3.94. The summed E-state index contributed by atoms with van der Waals surface area (Å²) in [5, 5.41) is 12.9. The number of amides is 1. The molecular weight excluding hydrogens is 324 g/mol. The topological polar surface area (TPSA) is 83.9 Å². The first kappa shape index (κ1) is 16.5. The lowest BCUT2D eigenvalue weighted by atomic mass is 9.94. The van der Waals surface area contributed by atoms with Gasteiger partial charge in [-0.05, 0) is 32.8 Å². The van der Waals surface area contributed by atoms with Crippen molar-refractivity contribution in [2.24, 2.45) is 0 Å². The molecule has 24 heavy (non-hydrogen) atoms. The Labute approximate surface area is 144 Å². The van der Waals surface area contributed by atoms with Crippen LogP contribution in [-0.4, -0.2) is 44.1 Å². The molecule has 1 fully saturated rings. The molecule has 1 atom stereocenters. The number of carbonyl (C=O) groups excluding carboxylic acids is 1. The summed E-state index contributed by atoms with van der Waals surface area (Å²) in [6.45, 7) is 8.80. The lowest BCUT2D eigenvalue weighted by Gasteiger charge is -2.32. The first-order valence-corrected chi connectivity index (χ1v) is 8.71. The summed E-state index contributed by atoms with van der Waals surface area (Å²) >= 11 is 1.48. The normalized spacial score (nSPS) is 17.6. The van der Waals surface area contributed by atoms with Crippen molar-refractivity contribution in [3.63, 3.8) is 0 Å². The van der Waals surface area contributed by atoms with Crippen LogP contribution in [0.4, 0.5) is 10.9 Å². The molecule has 1 N–H and O–H groups in total. The third kappa shape index (κ3) is 3.76. The van der Waals surface area contributed by atoms with Crippen molar-refractivity contribution in [3.8, 4) is 0 Å². The van der Waals surface area contributed by atoms with E-state index in [0.717, 1.165) is 30.1 Å². The lowest BCUT2D eigenvalue weighted by molar-refractivity contribution is -0.127. The molecule has 0 aromatic carbocycles. The van der Waals surface area contributed by atoms with Crippen LogP contribution >= 0.6 is 11.3 Å². The third-order valence-corrected chi connectivity index (χ3v) is 4.70. The van der Waals surface area contributed by atoms with Crippen molar-refractivity contribution in [1.29, 1.82) is 0 Å². The summed E-state index contributed by atoms with van der Waals surface area (Å²) in [6, 6.07) is 1.94. The first-order chi connectivity index (χ1) is 11.5. The number of rotatable bonds is 4. The van der Waals surface area contributed by atoms with E-state index in [1.165, 1.54) is 17.4 Å². The van der Waals surface area contributed by atoms with E-state index in [-0.39, 0.29) is 11.8 Å². The maximum atomic E-state index is 11.9. The fraction of sp³-hybridized carbons (Fsp3) is 0.438. The fourth-order valence-electron chi connectivity index (χ4n) is 2.87. The lowest BCUT2D eigenvalue weighted by Crippen LogP contribution is -2.38. The molecule has 0 saturated carbocycles. The molecule has 0 bridgehead atoms. The maximum Gasteiger partial charge on any atom is 0.245 e. The molecule has 3 heterocycles. The molecule has 0 radical (unpaired) electrons. The smallest absolute Gasteiger partial charge is 0.245 e. The zero-order valence-electron chi connectivity index (χ0n) is 13.8. The summed E-state index contributed by atoms with van der Waals surface area (Å²) in [7, 11) is 0. The first-order valence-electron chi connectivity index (χ1n) is 7.89. The molecule has 3 rings (SSSR count). The van der Waals surface area contributed by atoms with Gasteiger partial charge in [0, 0.05) is 25.1 Å². The molecule has 2 aromatic heterocycles. The number of nitrogens with zero attached hydrogens (tertiary/aromatic N) is 5. The highest BCUT2D eigenvalue weighted by Crippen LogP contribution is 2.28. The van der Waals surface area contributed by atoms with E-state index in [1.54, 1.807) is 0 Å². The molecule has 1 amide bonds. The molecule has 7 nitrogen and oxygen atoms in total. The minimum absolute atomic E-state index is 0.0202. The van der Waals surface area contributed by atoms with Crippen LogP contribution in [0.2, 0.25) is 0 Å². The predicted octanol–water partition coefficient (Wildman–Crippen LogP) is 2.58. The van der Waals surface area contributed by atoms with Gasteiger partial charge in [-0.15, -0.1) is 10.2 Å². The SMILES string of the molecule is C=CC(=O)N1CCC[C@H](c2cc(Nc3nnc(C)s3)nc(C)n2)C1. The second kappa shape index (κ2) is 7.04. The molecule has 2 aromatic rings. The van der Waals surface area contributed by atoms with Gasteiger partial charge in [0.1, 0.15) is 16.6 Å². The summed E-state index contributed by atoms with van der Waals surface area (Å²) in [5.41, 5.74) is 0.952. The van der Waals surface area contributed by atoms with E-state index in [2.05, 4.69) is 32.1 Å². The predicted molar refractivity (Wildman–Crippen MR) is 93.4 cm³/mol. The number of aromatic nitrogens is 4. The van der Waals surface area contributed by atoms with Crippen molar-refractivity contribution in [3.05, 3.63) is 35.2 Å². The van der Waals surface area contributed by atoms with E-state index < -0.39 is 0 Å². The molecule has 0 unspecified atom stereocenters. The molecule has 1 aliphatic rings. The highest BCUT2D eigenvalue weighted by atomic mass is 32.1. The van der Waals surface area contributed by atoms with Crippen LogP contribution in [0.5, 0.6) is 0 Å². The summed E-state index contributed by atoms with van der Waals surface area (Å²) in [6.07, 6.45) is 3.35. The van der Waals surface area contributed by atoms with Crippen molar-refractivity contribution in [1.82, 2.24) is 25.1 Å². The molecule has 0 aliphatic carbocycles. The van der Waals surface area contributed by atoms with E-state index in [1.807, 2.05) is 24.8 Å². The van der Waals surface area contributed by atoms with Gasteiger partial charge in [-0.2, -0.15) is 0 Å². The largest absolute Gasteiger partial charge is 0.339 e. The fourth-order valence-corrected chi connectivity index (χ4v) is 3.47. The zero-order chi connectivity index (χ0) is 17.1. The van der Waals surface area contributed by atoms with Gasteiger partial charge in [0.25, 0.3) is 0 Å². The zero-order valence-corrected chi connectivity index (χ0v) is 14.6. The van der Waals surface area contributed by atoms with Crippen molar-refractivity contribution >= 4 is 28.2 Å². The number of nitrogens with one attached hydrogen (secondary N) is 1. The van der Waals surface area contributed by atoms with Crippen LogP contribution in [0.3, 0.4) is 0 Å². The monoisotopic (exact) mass is 344 g/mol. The Bertz CT molecular complexity index is 759. The number of piperidine rings is 1. The van der Waals surface area contributed by atoms with Gasteiger partial charge in [-0.25, -0.2) is 9.97 Å². The minimum atomic E-state index is -0.0202. The van der Waals surface area contributed by atoms with E-state index in [4.69, 9.17) is 0 Å². The highest BCUT2D eigenvalue weighted by Gasteiger charge is 2.25. The number of hydrogen-bond donors (Lipinski definition) is 1. The van der Waals surface area contributed by atoms with Crippen LogP contribution < -0.4 is 5.32 Å². The average molecular weight is 344 g/mol. The van der Waals surface area contributed by atoms with Gasteiger partial charge in [-0.1, -0.05) is 17.9 Å². The molecule has 0 spiro atoms. The van der Waals surface area contributed by atoms with Crippen LogP contribution in [-0.2, 0) is 4.79 Å². The molecule has 1 aliphatic heterocycles. The van der Waals surface area contributed by atoms with Gasteiger partial charge in [-0.3, -0.25) is 4.79 Å². The number of likely N-dealkylation sites (tertiary alicyclic amines) is 1. The summed E-state index contributed by atoms with van der Waals surface area (Å²) in [5.74, 6) is 1.60. The molecule has 126 valence electrons. The Morgan fingerprint density at radius 2 is 2.25 bits per heavy atom. The van der Waals surface area contributed by atoms with Gasteiger partial charge in [0.15, 0.2) is 0 Å². The van der Waals surface area contributed by atoms with E-state index >= 15 is 0 Å². The number of aryl methyl sites for hydroxylation is 2. The highest BCUT2D eigenvalue weighted by molar-refractivity contribution is 7.15. The molecule has 8 heteroatoms. The number of carbonyl (C=O) groups is 1. The van der Waals surface area contributed by atoms with E-state index in [0.29, 0.717) is 23.3 Å². The van der Waals surface area contributed by atoms with Crippen molar-refractivity contribution in [2.45, 2.75) is 32.6 Å². The van der Waals surface area contributed by atoms with Crippen LogP contribution in [0, 0.1) is 13.8 Å². The second-order valence-electron chi connectivity index (χ2n) is 5.80. The van der Waals surface area contributed by atoms with Gasteiger partial charge >= 0.3 is 0 Å². The minimum Gasteiger partial charge on any atom is -0.339 e. The van der Waals surface area contributed by atoms with Crippen LogP contribution in [0.25, 0.3) is 0 Å². The Kier molecular flexibility index (Phi) is 4.84. The van der Waals surface area contributed by atoms with Crippen molar-refractivity contribution in [2.75, 3.05) is 18.4 Å². The van der Waals surface area contributed by atoms with Gasteiger partial charge in [0.2, 0.25) is 11.0 Å². The van der Waals surface area contributed by atoms with E-state index in [9.17, 15) is 4.79 Å². The standard InChI is InChI=1S/C16H20N6OS/c1-4-15(23)22-7-5-6-12(9-22)13-8-14(18-10(2)17-13)19-16-21-20-11(3)24-16/h4,8,12H,1,5-7,9H2,2-3H3,(H,17,18,19,21)/t12-/m0/s1. The van der Waals surface area contributed by atoms with Crippen LogP contribution in [0.15, 0.2) is 18.7 Å². The quantitative estimate of drug-likeness (QED) is 0.858. The maximum absolute atomic E-state index is 11.9. The number of hydrogen-bond acceptors (Lipinski definition) is 7. The Balaban J connectivity index is 1.80. The molecule has 1 saturated heterocycles. The number of anilines is 2. The summed E-state index contributed by atoms with van der Waals surface area (Å²) < 4.78 is 0. The van der Waals surface area contributed by atoms with Crippen molar-refractivity contribution < 1.29 is 4.79 Å². The Morgan fingerprint density at radius 1 is 1.42 bits per heavy atom. The van der Waals surface area contributed by atoms with Crippen LogP contribution in [0.1, 0.15) is 35.3 Å². The van der Waals surface area contributed by atoms with Gasteiger partial charge in [0.05, 0.1) is 5.69 Å². The Morgan fingerprint density at radius 3 is 2.96 bits per heavy atom. The second-order valence-corrected chi connectivity index (χ2v) is 6.99. The average Bonchev–Trinajstić information content (AvgIpc) is 2.98. The summed E-state index contributed by atoms with van der Waals surface area (Å²) in [4.78, 5) is 22.7. The van der Waals surface area contributed by atoms with Gasteiger partial charge < -0.3 is 10.2 Å². The molecular formula is C16H20N6OS.